The van der Waals surface area contributed by atoms with Crippen LogP contribution in [0.3, 0.4) is 0 Å². The molecule has 3 N–H and O–H groups in total. The number of rotatable bonds is 2. The average molecular weight is 281 g/mol. The van der Waals surface area contributed by atoms with E-state index in [1.165, 1.54) is 6.07 Å². The van der Waals surface area contributed by atoms with Gasteiger partial charge in [-0.3, -0.25) is 4.79 Å². The molecule has 0 aromatic heterocycles. The number of carboxylic acid groups (broad SMARTS) is 1. The van der Waals surface area contributed by atoms with Crippen molar-refractivity contribution in [1.29, 1.82) is 0 Å². The summed E-state index contributed by atoms with van der Waals surface area (Å²) in [6, 6.07) is 3.22. The number of hydrogen-bond acceptors (Lipinski definition) is 3. The Balaban J connectivity index is 0.00000196. The molecule has 0 saturated heterocycles. The summed E-state index contributed by atoms with van der Waals surface area (Å²) in [5.74, 6) is -2.51. The molecule has 6 heteroatoms. The third-order valence-corrected chi connectivity index (χ3v) is 2.81. The Morgan fingerprint density at radius 2 is 1.93 bits per heavy atom. The van der Waals surface area contributed by atoms with Crippen molar-refractivity contribution in [3.63, 3.8) is 0 Å². The van der Waals surface area contributed by atoms with Crippen molar-refractivity contribution < 1.29 is 44.3 Å². The van der Waals surface area contributed by atoms with E-state index in [4.69, 9.17) is 10.8 Å². The number of halogens is 1. The van der Waals surface area contributed by atoms with Crippen molar-refractivity contribution in [2.45, 2.75) is 6.92 Å². The van der Waals surface area contributed by atoms with E-state index in [0.717, 1.165) is 5.56 Å². The van der Waals surface area contributed by atoms with Crippen LogP contribution < -0.4 is 35.3 Å². The monoisotopic (exact) mass is 280 g/mol. The molecule has 0 aliphatic rings. The molecule has 0 aliphatic heterocycles. The Morgan fingerprint density at radius 3 is 2.40 bits per heavy atom. The second-order valence-corrected chi connectivity index (χ2v) is 3.59. The molecule has 4 nitrogen and oxygen atoms in total. The fourth-order valence-electron chi connectivity index (χ4n) is 1.03. The van der Waals surface area contributed by atoms with Gasteiger partial charge < -0.3 is 10.8 Å². The summed E-state index contributed by atoms with van der Waals surface area (Å²) in [5.41, 5.74) is 6.46. The third kappa shape index (κ3) is 3.04. The molecule has 1 aromatic rings. The van der Waals surface area contributed by atoms with Gasteiger partial charge in [-0.25, -0.2) is 4.79 Å². The van der Waals surface area contributed by atoms with Crippen LogP contribution in [0.4, 0.5) is 5.69 Å². The first kappa shape index (κ1) is 14.6. The van der Waals surface area contributed by atoms with Gasteiger partial charge in [0.25, 0.3) is 5.78 Å². The zero-order chi connectivity index (χ0) is 10.9. The molecule has 0 fully saturated rings. The first-order valence-corrected chi connectivity index (χ1v) is 4.56. The zero-order valence-corrected chi connectivity index (χ0v) is 12.0. The van der Waals surface area contributed by atoms with Crippen LogP contribution in [0.25, 0.3) is 0 Å². The van der Waals surface area contributed by atoms with Crippen LogP contribution in [-0.4, -0.2) is 16.9 Å². The Labute approximate surface area is 117 Å². The molecule has 0 amide bonds. The third-order valence-electron chi connectivity index (χ3n) is 1.79. The van der Waals surface area contributed by atoms with E-state index in [1.807, 2.05) is 0 Å². The molecule has 15 heavy (non-hydrogen) atoms. The Bertz CT molecular complexity index is 420. The summed E-state index contributed by atoms with van der Waals surface area (Å²) in [5, 5.41) is 8.55. The molecule has 1 rings (SSSR count). The fraction of sp³-hybridized carbons (Fsp3) is 0.111. The molecule has 74 valence electrons. The van der Waals surface area contributed by atoms with Crippen LogP contribution >= 0.6 is 15.9 Å². The standard InChI is InChI=1S/C9H8BrNO3.Na/c1-4-2-3-5(11)6(7(4)10)8(12)9(13)14;/h2-3H,11H2,1H3,(H,13,14);/q;+1. The predicted molar refractivity (Wildman–Crippen MR) is 55.3 cm³/mol. The molecule has 0 radical (unpaired) electrons. The van der Waals surface area contributed by atoms with Crippen LogP contribution in [-0.2, 0) is 4.79 Å². The quantitative estimate of drug-likeness (QED) is 0.303. The SMILES string of the molecule is Cc1ccc(N)c(C(=O)C(=O)O)c1Br.[Na+]. The molecule has 1 aromatic carbocycles. The van der Waals surface area contributed by atoms with Crippen molar-refractivity contribution in [3.05, 3.63) is 27.7 Å². The Kier molecular flexibility index (Phi) is 5.51. The van der Waals surface area contributed by atoms with E-state index < -0.39 is 11.8 Å². The number of ketones is 1. The summed E-state index contributed by atoms with van der Waals surface area (Å²) >= 11 is 3.14. The van der Waals surface area contributed by atoms with Crippen molar-refractivity contribution in [3.8, 4) is 0 Å². The van der Waals surface area contributed by atoms with Gasteiger partial charge in [0.1, 0.15) is 0 Å². The van der Waals surface area contributed by atoms with Crippen molar-refractivity contribution in [2.24, 2.45) is 0 Å². The summed E-state index contributed by atoms with van der Waals surface area (Å²) in [6.07, 6.45) is 0. The number of carboxylic acids is 1. The maximum Gasteiger partial charge on any atom is 1.00 e. The molecule has 0 spiro atoms. The zero-order valence-electron chi connectivity index (χ0n) is 8.37. The number of nitrogen functional groups attached to an aromatic ring is 1. The molecule has 0 saturated carbocycles. The molecule has 0 atom stereocenters. The van der Waals surface area contributed by atoms with Crippen LogP contribution in [0.15, 0.2) is 16.6 Å². The van der Waals surface area contributed by atoms with Crippen LogP contribution in [0, 0.1) is 6.92 Å². The van der Waals surface area contributed by atoms with Crippen molar-refractivity contribution >= 4 is 33.4 Å². The van der Waals surface area contributed by atoms with Gasteiger partial charge in [-0.2, -0.15) is 0 Å². The van der Waals surface area contributed by atoms with Gasteiger partial charge in [0, 0.05) is 10.2 Å². The van der Waals surface area contributed by atoms with E-state index >= 15 is 0 Å². The number of aryl methyl sites for hydroxylation is 1. The predicted octanol–water partition coefficient (Wildman–Crippen LogP) is -1.39. The summed E-state index contributed by atoms with van der Waals surface area (Å²) < 4.78 is 0.435. The summed E-state index contributed by atoms with van der Waals surface area (Å²) in [7, 11) is 0. The van der Waals surface area contributed by atoms with Gasteiger partial charge >= 0.3 is 35.5 Å². The number of anilines is 1. The Morgan fingerprint density at radius 1 is 1.40 bits per heavy atom. The summed E-state index contributed by atoms with van der Waals surface area (Å²) in [6.45, 7) is 1.75. The van der Waals surface area contributed by atoms with Gasteiger partial charge in [-0.15, -0.1) is 0 Å². The van der Waals surface area contributed by atoms with E-state index in [0.29, 0.717) is 4.47 Å². The van der Waals surface area contributed by atoms with Gasteiger partial charge in [0.05, 0.1) is 5.56 Å². The van der Waals surface area contributed by atoms with E-state index in [1.54, 1.807) is 13.0 Å². The van der Waals surface area contributed by atoms with Gasteiger partial charge in [0.2, 0.25) is 0 Å². The van der Waals surface area contributed by atoms with E-state index in [2.05, 4.69) is 15.9 Å². The number of Topliss-reactive ketones (excluding diaryl/α,β-unsaturated/α-hetero) is 1. The van der Waals surface area contributed by atoms with Gasteiger partial charge in [-0.1, -0.05) is 6.07 Å². The van der Waals surface area contributed by atoms with Gasteiger partial charge in [-0.05, 0) is 34.5 Å². The van der Waals surface area contributed by atoms with Crippen molar-refractivity contribution in [1.82, 2.24) is 0 Å². The number of benzene rings is 1. The molecular weight excluding hydrogens is 273 g/mol. The average Bonchev–Trinajstić information content (AvgIpc) is 2.12. The Hall–Kier alpha value is -0.360. The van der Waals surface area contributed by atoms with Crippen LogP contribution in [0.1, 0.15) is 15.9 Å². The van der Waals surface area contributed by atoms with Crippen LogP contribution in [0.5, 0.6) is 0 Å². The molecular formula is C9H8BrNNaO3+. The molecule has 0 bridgehead atoms. The second kappa shape index (κ2) is 5.65. The number of carbonyl (C=O) groups excluding carboxylic acids is 1. The first-order valence-electron chi connectivity index (χ1n) is 3.77. The minimum Gasteiger partial charge on any atom is -0.475 e. The molecule has 0 unspecified atom stereocenters. The minimum atomic E-state index is -1.51. The largest absolute Gasteiger partial charge is 1.00 e. The minimum absolute atomic E-state index is 0. The van der Waals surface area contributed by atoms with E-state index in [9.17, 15) is 9.59 Å². The topological polar surface area (TPSA) is 80.4 Å². The number of nitrogens with two attached hydrogens (primary N) is 1. The number of aliphatic carboxylic acids is 1. The summed E-state index contributed by atoms with van der Waals surface area (Å²) in [4.78, 5) is 21.7. The second-order valence-electron chi connectivity index (χ2n) is 2.79. The maximum atomic E-state index is 11.2. The van der Waals surface area contributed by atoms with Crippen LogP contribution in [0.2, 0.25) is 0 Å². The number of hydrogen-bond donors (Lipinski definition) is 2. The normalized spacial score (nSPS) is 9.20. The first-order chi connectivity index (χ1) is 6.45. The molecule has 0 aliphatic carbocycles. The fourth-order valence-corrected chi connectivity index (χ4v) is 1.57. The maximum absolute atomic E-state index is 11.2. The number of carbonyl (C=O) groups is 2. The van der Waals surface area contributed by atoms with E-state index in [-0.39, 0.29) is 40.8 Å². The van der Waals surface area contributed by atoms with Gasteiger partial charge in [0.15, 0.2) is 0 Å². The molecule has 0 heterocycles. The smallest absolute Gasteiger partial charge is 0.475 e. The van der Waals surface area contributed by atoms with Crippen molar-refractivity contribution in [2.75, 3.05) is 5.73 Å².